The molecule has 2 N–H and O–H groups in total. The maximum Gasteiger partial charge on any atom is 0.272 e. The Morgan fingerprint density at radius 3 is 2.56 bits per heavy atom. The van der Waals surface area contributed by atoms with E-state index < -0.39 is 37.0 Å². The highest BCUT2D eigenvalue weighted by Crippen LogP contribution is 2.36. The first kappa shape index (κ1) is 30.2. The van der Waals surface area contributed by atoms with Crippen LogP contribution in [0.25, 0.3) is 5.69 Å². The first-order valence-corrected chi connectivity index (χ1v) is 14.7. The lowest BCUT2D eigenvalue weighted by Gasteiger charge is -2.21. The van der Waals surface area contributed by atoms with Crippen LogP contribution in [-0.2, 0) is 14.8 Å². The van der Waals surface area contributed by atoms with Crippen LogP contribution < -0.4 is 14.8 Å². The van der Waals surface area contributed by atoms with Gasteiger partial charge in [-0.15, -0.1) is 0 Å². The van der Waals surface area contributed by atoms with E-state index in [1.54, 1.807) is 27.7 Å². The van der Waals surface area contributed by atoms with E-state index in [1.807, 2.05) is 32.0 Å². The fraction of sp³-hybridized carbons (Fsp3) is 0.429. The summed E-state index contributed by atoms with van der Waals surface area (Å²) in [5.41, 5.74) is 1.64. The van der Waals surface area contributed by atoms with Crippen LogP contribution in [0.15, 0.2) is 41.3 Å². The lowest BCUT2D eigenvalue weighted by atomic mass is 10.1. The largest absolute Gasteiger partial charge is 0.437 e. The highest BCUT2D eigenvalue weighted by molar-refractivity contribution is 7.89. The number of hydrogen-bond acceptors (Lipinski definition) is 8. The summed E-state index contributed by atoms with van der Waals surface area (Å²) in [6, 6.07) is 8.92. The Bertz CT molecular complexity index is 1590. The molecule has 2 heterocycles. The number of carbonyl (C=O) groups excluding carboxylic acids is 1. The van der Waals surface area contributed by atoms with Gasteiger partial charge in [-0.3, -0.25) is 14.9 Å². The number of hydrogen-bond donors (Lipinski definition) is 2. The molecule has 0 spiro atoms. The molecule has 1 aliphatic rings. The van der Waals surface area contributed by atoms with Crippen LogP contribution in [0.3, 0.4) is 0 Å². The molecule has 1 atom stereocenters. The van der Waals surface area contributed by atoms with Gasteiger partial charge in [-0.05, 0) is 77.6 Å². The molecule has 3 aromatic rings. The van der Waals surface area contributed by atoms with Crippen LogP contribution in [-0.4, -0.2) is 53.8 Å². The van der Waals surface area contributed by atoms with Crippen LogP contribution in [0.2, 0.25) is 0 Å². The number of amides is 1. The van der Waals surface area contributed by atoms with Crippen LogP contribution >= 0.6 is 0 Å². The topological polar surface area (TPSA) is 155 Å². The fourth-order valence-electron chi connectivity index (χ4n) is 4.51. The predicted molar refractivity (Wildman–Crippen MR) is 152 cm³/mol. The molecule has 0 unspecified atom stereocenters. The summed E-state index contributed by atoms with van der Waals surface area (Å²) in [6.07, 6.45) is 1.72. The lowest BCUT2D eigenvalue weighted by molar-refractivity contribution is -0.385. The third kappa shape index (κ3) is 6.75. The number of ether oxygens (including phenoxy) is 2. The van der Waals surface area contributed by atoms with Crippen molar-refractivity contribution in [3.63, 3.8) is 0 Å². The van der Waals surface area contributed by atoms with Crippen LogP contribution in [0, 0.1) is 30.9 Å². The van der Waals surface area contributed by atoms with Crippen LogP contribution in [0.5, 0.6) is 11.6 Å². The van der Waals surface area contributed by atoms with Crippen molar-refractivity contribution < 1.29 is 27.6 Å². The summed E-state index contributed by atoms with van der Waals surface area (Å²) in [6.45, 7) is 11.4. The van der Waals surface area contributed by atoms with Crippen molar-refractivity contribution in [3.8, 4) is 17.3 Å². The van der Waals surface area contributed by atoms with Crippen molar-refractivity contribution in [2.45, 2.75) is 70.9 Å². The Morgan fingerprint density at radius 1 is 1.20 bits per heavy atom. The van der Waals surface area contributed by atoms with E-state index in [-0.39, 0.29) is 23.4 Å². The summed E-state index contributed by atoms with van der Waals surface area (Å²) in [5, 5.41) is 19.0. The molecule has 220 valence electrons. The van der Waals surface area contributed by atoms with E-state index in [4.69, 9.17) is 9.47 Å². The lowest BCUT2D eigenvalue weighted by Crippen LogP contribution is -2.40. The van der Waals surface area contributed by atoms with Gasteiger partial charge in [-0.25, -0.2) is 13.1 Å². The van der Waals surface area contributed by atoms with Gasteiger partial charge in [0.2, 0.25) is 15.9 Å². The molecule has 0 bridgehead atoms. The maximum atomic E-state index is 13.4. The Morgan fingerprint density at radius 2 is 1.93 bits per heavy atom. The van der Waals surface area contributed by atoms with E-state index >= 15 is 0 Å². The Hall–Kier alpha value is -3.81. The monoisotopic (exact) mass is 585 g/mol. The number of nitrogens with zero attached hydrogens (tertiary/aromatic N) is 3. The van der Waals surface area contributed by atoms with Gasteiger partial charge in [0.15, 0.2) is 5.69 Å². The molecule has 1 saturated heterocycles. The quantitative estimate of drug-likeness (QED) is 0.275. The zero-order valence-electron chi connectivity index (χ0n) is 24.0. The Balaban J connectivity index is 1.84. The third-order valence-electron chi connectivity index (χ3n) is 6.68. The minimum Gasteiger partial charge on any atom is -0.437 e. The molecule has 1 aromatic heterocycles. The van der Waals surface area contributed by atoms with Crippen molar-refractivity contribution >= 4 is 21.6 Å². The zero-order chi connectivity index (χ0) is 30.1. The summed E-state index contributed by atoms with van der Waals surface area (Å²) in [4.78, 5) is 23.7. The van der Waals surface area contributed by atoms with Crippen molar-refractivity contribution in [1.29, 1.82) is 0 Å². The van der Waals surface area contributed by atoms with Crippen LogP contribution in [0.4, 0.5) is 5.69 Å². The first-order valence-electron chi connectivity index (χ1n) is 13.2. The predicted octanol–water partition coefficient (Wildman–Crippen LogP) is 4.48. The Kier molecular flexibility index (Phi) is 8.52. The highest BCUT2D eigenvalue weighted by Gasteiger charge is 2.30. The fourth-order valence-corrected chi connectivity index (χ4v) is 6.07. The number of aromatic nitrogens is 2. The maximum absolute atomic E-state index is 13.4. The minimum atomic E-state index is -4.26. The summed E-state index contributed by atoms with van der Waals surface area (Å²) >= 11 is 0. The molecule has 41 heavy (non-hydrogen) atoms. The third-order valence-corrected chi connectivity index (χ3v) is 8.46. The molecular weight excluding hydrogens is 550 g/mol. The molecule has 0 radical (unpaired) electrons. The highest BCUT2D eigenvalue weighted by atomic mass is 32.2. The number of nitrogens with one attached hydrogen (secondary N) is 2. The van der Waals surface area contributed by atoms with Gasteiger partial charge in [0.05, 0.1) is 16.7 Å². The number of aryl methyl sites for hydroxylation is 1. The molecule has 13 heteroatoms. The second kappa shape index (κ2) is 11.6. The van der Waals surface area contributed by atoms with E-state index in [2.05, 4.69) is 15.1 Å². The molecular formula is C28H35N5O7S. The molecule has 1 aliphatic heterocycles. The van der Waals surface area contributed by atoms with E-state index in [9.17, 15) is 23.3 Å². The molecule has 0 aliphatic carbocycles. The molecule has 2 aromatic carbocycles. The molecule has 12 nitrogen and oxygen atoms in total. The zero-order valence-corrected chi connectivity index (χ0v) is 24.8. The molecule has 1 amide bonds. The van der Waals surface area contributed by atoms with Gasteiger partial charge in [-0.2, -0.15) is 9.78 Å². The number of nitro groups is 1. The van der Waals surface area contributed by atoms with E-state index in [0.717, 1.165) is 36.1 Å². The summed E-state index contributed by atoms with van der Waals surface area (Å²) < 4.78 is 42.6. The van der Waals surface area contributed by atoms with Gasteiger partial charge < -0.3 is 14.8 Å². The van der Waals surface area contributed by atoms with Gasteiger partial charge in [0, 0.05) is 36.4 Å². The number of benzene rings is 2. The second-order valence-corrected chi connectivity index (χ2v) is 12.8. The molecule has 4 rings (SSSR count). The molecule has 1 fully saturated rings. The Labute approximate surface area is 239 Å². The van der Waals surface area contributed by atoms with E-state index in [0.29, 0.717) is 24.4 Å². The van der Waals surface area contributed by atoms with Gasteiger partial charge in [0.25, 0.3) is 11.6 Å². The van der Waals surface area contributed by atoms with Crippen molar-refractivity contribution in [2.24, 2.45) is 0 Å². The smallest absolute Gasteiger partial charge is 0.272 e. The van der Waals surface area contributed by atoms with Gasteiger partial charge in [-0.1, -0.05) is 12.1 Å². The van der Waals surface area contributed by atoms with E-state index in [1.165, 1.54) is 10.7 Å². The van der Waals surface area contributed by atoms with Crippen LogP contribution in [0.1, 0.15) is 60.8 Å². The second-order valence-electron chi connectivity index (χ2n) is 11.1. The minimum absolute atomic E-state index is 0.0701. The van der Waals surface area contributed by atoms with Crippen molar-refractivity contribution in [1.82, 2.24) is 19.8 Å². The normalized spacial score (nSPS) is 15.6. The number of sulfonamides is 1. The standard InChI is InChI=1S/C28H35N5O7S/c1-17-9-7-11-22(18(17)2)32-27(19(3)25(30-32)26(34)29-16-21-10-8-14-39-21)40-23-13-12-20(33(35)36)15-24(23)41(37,38)31-28(4,5)6/h7,9,11-13,15,21,31H,8,10,14,16H2,1-6H3,(H,29,34)/t21-/m0/s1. The molecule has 0 saturated carbocycles. The average molecular weight is 586 g/mol. The number of carbonyl (C=O) groups is 1. The van der Waals surface area contributed by atoms with Crippen molar-refractivity contribution in [3.05, 3.63) is 68.9 Å². The number of non-ortho nitro benzene ring substituents is 1. The summed E-state index contributed by atoms with van der Waals surface area (Å²) in [7, 11) is -4.26. The van der Waals surface area contributed by atoms with Gasteiger partial charge >= 0.3 is 0 Å². The van der Waals surface area contributed by atoms with Crippen molar-refractivity contribution in [2.75, 3.05) is 13.2 Å². The van der Waals surface area contributed by atoms with Gasteiger partial charge in [0.1, 0.15) is 10.6 Å². The first-order chi connectivity index (χ1) is 19.2. The number of nitro benzene ring substituents is 1. The summed E-state index contributed by atoms with van der Waals surface area (Å²) in [5.74, 6) is -0.493. The number of rotatable bonds is 9. The SMILES string of the molecule is Cc1cccc(-n2nc(C(=O)NC[C@@H]3CCCO3)c(C)c2Oc2ccc([N+](=O)[O-])cc2S(=O)(=O)NC(C)(C)C)c1C. The average Bonchev–Trinajstić information content (AvgIpc) is 3.51.